The second kappa shape index (κ2) is 8.24. The average molecular weight is 332 g/mol. The molecule has 0 atom stereocenters. The molecule has 0 amide bonds. The number of hydrogen-bond acceptors (Lipinski definition) is 3. The highest BCUT2D eigenvalue weighted by Gasteiger charge is 2.07. The van der Waals surface area contributed by atoms with Gasteiger partial charge in [0.25, 0.3) is 0 Å². The van der Waals surface area contributed by atoms with E-state index in [4.69, 9.17) is 17.0 Å². The minimum absolute atomic E-state index is 0.261. The summed E-state index contributed by atoms with van der Waals surface area (Å²) in [5, 5.41) is 5.97. The zero-order chi connectivity index (χ0) is 16.7. The number of benzene rings is 2. The lowest BCUT2D eigenvalue weighted by Crippen LogP contribution is -2.19. The summed E-state index contributed by atoms with van der Waals surface area (Å²) in [5.41, 5.74) is 1.45. The normalized spacial score (nSPS) is 10.0. The molecule has 0 saturated heterocycles. The third-order valence-electron chi connectivity index (χ3n) is 2.94. The van der Waals surface area contributed by atoms with Gasteiger partial charge in [-0.1, -0.05) is 19.1 Å². The maximum absolute atomic E-state index is 13.5. The van der Waals surface area contributed by atoms with Gasteiger partial charge in [-0.3, -0.25) is 0 Å². The van der Waals surface area contributed by atoms with Crippen LogP contribution in [-0.2, 0) is 4.74 Å². The molecular weight excluding hydrogens is 315 g/mol. The standard InChI is InChI=1S/C17H17FN2O2S/c1-2-11-22-16(21)12-7-9-13(10-8-12)19-17(23)20-15-6-4-3-5-14(15)18/h3-10H,2,11H2,1H3,(H2,19,20,23). The third-order valence-corrected chi connectivity index (χ3v) is 3.14. The van der Waals surface area contributed by atoms with Gasteiger partial charge in [-0.15, -0.1) is 0 Å². The number of nitrogens with one attached hydrogen (secondary N) is 2. The van der Waals surface area contributed by atoms with Crippen LogP contribution in [0.25, 0.3) is 0 Å². The van der Waals surface area contributed by atoms with Gasteiger partial charge in [0.05, 0.1) is 17.9 Å². The minimum Gasteiger partial charge on any atom is -0.462 e. The van der Waals surface area contributed by atoms with Gasteiger partial charge in [0.2, 0.25) is 0 Å². The Morgan fingerprint density at radius 2 is 1.83 bits per heavy atom. The van der Waals surface area contributed by atoms with Crippen LogP contribution in [0.4, 0.5) is 15.8 Å². The lowest BCUT2D eigenvalue weighted by molar-refractivity contribution is 0.0505. The molecule has 6 heteroatoms. The number of ether oxygens (including phenoxy) is 1. The molecule has 0 aromatic heterocycles. The van der Waals surface area contributed by atoms with Crippen molar-refractivity contribution in [1.29, 1.82) is 0 Å². The summed E-state index contributed by atoms with van der Waals surface area (Å²) in [6, 6.07) is 13.0. The summed E-state index contributed by atoms with van der Waals surface area (Å²) in [4.78, 5) is 11.7. The maximum atomic E-state index is 13.5. The van der Waals surface area contributed by atoms with Gasteiger partial charge >= 0.3 is 5.97 Å². The van der Waals surface area contributed by atoms with Crippen molar-refractivity contribution in [1.82, 2.24) is 0 Å². The Morgan fingerprint density at radius 3 is 2.48 bits per heavy atom. The van der Waals surface area contributed by atoms with Crippen LogP contribution in [0.15, 0.2) is 48.5 Å². The Labute approximate surface area is 139 Å². The smallest absolute Gasteiger partial charge is 0.338 e. The van der Waals surface area contributed by atoms with Crippen molar-refractivity contribution in [2.24, 2.45) is 0 Å². The van der Waals surface area contributed by atoms with Gasteiger partial charge in [-0.05, 0) is 55.0 Å². The number of halogens is 1. The van der Waals surface area contributed by atoms with Crippen LogP contribution in [-0.4, -0.2) is 17.7 Å². The van der Waals surface area contributed by atoms with Crippen molar-refractivity contribution in [2.75, 3.05) is 17.2 Å². The molecule has 2 aromatic carbocycles. The molecule has 23 heavy (non-hydrogen) atoms. The Kier molecular flexibility index (Phi) is 6.05. The van der Waals surface area contributed by atoms with E-state index in [9.17, 15) is 9.18 Å². The summed E-state index contributed by atoms with van der Waals surface area (Å²) in [6.07, 6.45) is 0.779. The number of para-hydroxylation sites is 1. The van der Waals surface area contributed by atoms with Crippen LogP contribution in [0.1, 0.15) is 23.7 Å². The molecule has 0 aliphatic rings. The Hall–Kier alpha value is -2.47. The van der Waals surface area contributed by atoms with Gasteiger partial charge in [0.15, 0.2) is 5.11 Å². The molecular formula is C17H17FN2O2S. The fourth-order valence-corrected chi connectivity index (χ4v) is 2.04. The lowest BCUT2D eigenvalue weighted by atomic mass is 10.2. The van der Waals surface area contributed by atoms with Crippen molar-refractivity contribution >= 4 is 34.7 Å². The van der Waals surface area contributed by atoms with Gasteiger partial charge in [0.1, 0.15) is 5.82 Å². The SMILES string of the molecule is CCCOC(=O)c1ccc(NC(=S)Nc2ccccc2F)cc1. The summed E-state index contributed by atoms with van der Waals surface area (Å²) in [7, 11) is 0. The highest BCUT2D eigenvalue weighted by molar-refractivity contribution is 7.80. The number of thiocarbonyl (C=S) groups is 1. The van der Waals surface area contributed by atoms with E-state index in [1.165, 1.54) is 6.07 Å². The Morgan fingerprint density at radius 1 is 1.13 bits per heavy atom. The van der Waals surface area contributed by atoms with E-state index in [2.05, 4.69) is 10.6 Å². The molecule has 0 saturated carbocycles. The molecule has 0 fully saturated rings. The van der Waals surface area contributed by atoms with Crippen LogP contribution in [0.3, 0.4) is 0 Å². The number of hydrogen-bond donors (Lipinski definition) is 2. The van der Waals surface area contributed by atoms with Crippen molar-refractivity contribution in [2.45, 2.75) is 13.3 Å². The minimum atomic E-state index is -0.384. The van der Waals surface area contributed by atoms with Crippen LogP contribution in [0.5, 0.6) is 0 Å². The van der Waals surface area contributed by atoms with Crippen molar-refractivity contribution in [3.05, 3.63) is 59.9 Å². The topological polar surface area (TPSA) is 50.4 Å². The van der Waals surface area contributed by atoms with Crippen LogP contribution < -0.4 is 10.6 Å². The number of anilines is 2. The van der Waals surface area contributed by atoms with Gasteiger partial charge in [0, 0.05) is 5.69 Å². The van der Waals surface area contributed by atoms with E-state index in [1.54, 1.807) is 42.5 Å². The van der Waals surface area contributed by atoms with E-state index in [0.717, 1.165) is 6.42 Å². The van der Waals surface area contributed by atoms with Crippen molar-refractivity contribution < 1.29 is 13.9 Å². The van der Waals surface area contributed by atoms with Crippen molar-refractivity contribution in [3.8, 4) is 0 Å². The second-order valence-corrected chi connectivity index (χ2v) is 5.18. The van der Waals surface area contributed by atoms with Crippen LogP contribution in [0, 0.1) is 5.82 Å². The predicted molar refractivity (Wildman–Crippen MR) is 93.3 cm³/mol. The first-order chi connectivity index (χ1) is 11.1. The molecule has 0 unspecified atom stereocenters. The summed E-state index contributed by atoms with van der Waals surface area (Å²) < 4.78 is 18.6. The quantitative estimate of drug-likeness (QED) is 0.635. The first kappa shape index (κ1) is 16.9. The Balaban J connectivity index is 1.94. The zero-order valence-corrected chi connectivity index (χ0v) is 13.5. The highest BCUT2D eigenvalue weighted by atomic mass is 32.1. The van der Waals surface area contributed by atoms with Crippen LogP contribution in [0.2, 0.25) is 0 Å². The fourth-order valence-electron chi connectivity index (χ4n) is 1.81. The fraction of sp³-hybridized carbons (Fsp3) is 0.176. The Bertz CT molecular complexity index is 689. The lowest BCUT2D eigenvalue weighted by Gasteiger charge is -2.11. The molecule has 0 radical (unpaired) electrons. The van der Waals surface area contributed by atoms with Gasteiger partial charge < -0.3 is 15.4 Å². The molecule has 120 valence electrons. The monoisotopic (exact) mass is 332 g/mol. The molecule has 0 spiro atoms. The molecule has 0 aliphatic heterocycles. The predicted octanol–water partition coefficient (Wildman–Crippen LogP) is 4.20. The summed E-state index contributed by atoms with van der Waals surface area (Å²) in [6.45, 7) is 2.33. The average Bonchev–Trinajstić information content (AvgIpc) is 2.55. The molecule has 0 bridgehead atoms. The number of carbonyl (C=O) groups is 1. The molecule has 2 aromatic rings. The van der Waals surface area contributed by atoms with E-state index in [-0.39, 0.29) is 16.9 Å². The number of rotatable bonds is 5. The van der Waals surface area contributed by atoms with E-state index in [1.807, 2.05) is 6.92 Å². The van der Waals surface area contributed by atoms with E-state index in [0.29, 0.717) is 23.5 Å². The first-order valence-corrected chi connectivity index (χ1v) is 7.60. The molecule has 0 aliphatic carbocycles. The maximum Gasteiger partial charge on any atom is 0.338 e. The second-order valence-electron chi connectivity index (χ2n) is 4.77. The van der Waals surface area contributed by atoms with Gasteiger partial charge in [-0.25, -0.2) is 9.18 Å². The highest BCUT2D eigenvalue weighted by Crippen LogP contribution is 2.14. The molecule has 4 nitrogen and oxygen atoms in total. The van der Waals surface area contributed by atoms with Crippen LogP contribution >= 0.6 is 12.2 Å². The molecule has 0 heterocycles. The summed E-state index contributed by atoms with van der Waals surface area (Å²) in [5.74, 6) is -0.740. The number of carbonyl (C=O) groups excluding carboxylic acids is 1. The third kappa shape index (κ3) is 5.03. The summed E-state index contributed by atoms with van der Waals surface area (Å²) >= 11 is 5.14. The van der Waals surface area contributed by atoms with E-state index < -0.39 is 0 Å². The molecule has 2 N–H and O–H groups in total. The largest absolute Gasteiger partial charge is 0.462 e. The van der Waals surface area contributed by atoms with E-state index >= 15 is 0 Å². The first-order valence-electron chi connectivity index (χ1n) is 7.20. The zero-order valence-electron chi connectivity index (χ0n) is 12.6. The molecule has 2 rings (SSSR count). The number of esters is 1. The van der Waals surface area contributed by atoms with Crippen molar-refractivity contribution in [3.63, 3.8) is 0 Å². The van der Waals surface area contributed by atoms with Gasteiger partial charge in [-0.2, -0.15) is 0 Å².